The standard InChI is InChI=1S/C14H21NO/c1-5-10-9-15-13(14(2,3)4)8-12(10)16-11-6-7-11/h8-9,11H,5-7H2,1-4H3. The molecule has 0 aliphatic heterocycles. The molecule has 1 saturated carbocycles. The van der Waals surface area contributed by atoms with Crippen LogP contribution < -0.4 is 4.74 Å². The number of hydrogen-bond acceptors (Lipinski definition) is 2. The van der Waals surface area contributed by atoms with E-state index in [0.717, 1.165) is 17.9 Å². The van der Waals surface area contributed by atoms with Gasteiger partial charge in [0, 0.05) is 28.9 Å². The van der Waals surface area contributed by atoms with Crippen LogP contribution in [-0.2, 0) is 11.8 Å². The fourth-order valence-corrected chi connectivity index (χ4v) is 1.62. The van der Waals surface area contributed by atoms with E-state index in [2.05, 4.69) is 38.7 Å². The molecule has 2 heteroatoms. The van der Waals surface area contributed by atoms with Crippen LogP contribution in [0.3, 0.4) is 0 Å². The summed E-state index contributed by atoms with van der Waals surface area (Å²) in [6.07, 6.45) is 5.82. The second-order valence-electron chi connectivity index (χ2n) is 5.60. The molecule has 0 N–H and O–H groups in total. The summed E-state index contributed by atoms with van der Waals surface area (Å²) in [5.74, 6) is 1.05. The van der Waals surface area contributed by atoms with Gasteiger partial charge in [0.25, 0.3) is 0 Å². The van der Waals surface area contributed by atoms with Crippen molar-refractivity contribution < 1.29 is 4.74 Å². The summed E-state index contributed by atoms with van der Waals surface area (Å²) in [6.45, 7) is 8.69. The maximum atomic E-state index is 5.94. The molecule has 1 aromatic rings. The van der Waals surface area contributed by atoms with E-state index in [0.29, 0.717) is 6.10 Å². The molecule has 2 rings (SSSR count). The highest BCUT2D eigenvalue weighted by Gasteiger charge is 2.25. The highest BCUT2D eigenvalue weighted by Crippen LogP contribution is 2.32. The van der Waals surface area contributed by atoms with Crippen LogP contribution in [-0.4, -0.2) is 11.1 Å². The van der Waals surface area contributed by atoms with E-state index in [1.54, 1.807) is 0 Å². The molecule has 0 atom stereocenters. The summed E-state index contributed by atoms with van der Waals surface area (Å²) in [5, 5.41) is 0. The van der Waals surface area contributed by atoms with Crippen LogP contribution in [0.4, 0.5) is 0 Å². The second-order valence-corrected chi connectivity index (χ2v) is 5.60. The summed E-state index contributed by atoms with van der Waals surface area (Å²) in [4.78, 5) is 4.53. The molecule has 1 aliphatic rings. The van der Waals surface area contributed by atoms with Gasteiger partial charge in [0.1, 0.15) is 5.75 Å². The van der Waals surface area contributed by atoms with Gasteiger partial charge in [0.2, 0.25) is 0 Å². The molecule has 0 unspecified atom stereocenters. The smallest absolute Gasteiger partial charge is 0.126 e. The summed E-state index contributed by atoms with van der Waals surface area (Å²) in [6, 6.07) is 2.12. The number of aryl methyl sites for hydroxylation is 1. The van der Waals surface area contributed by atoms with Crippen molar-refractivity contribution in [3.05, 3.63) is 23.5 Å². The number of rotatable bonds is 3. The molecule has 1 fully saturated rings. The average Bonchev–Trinajstić information content (AvgIpc) is 3.00. The van der Waals surface area contributed by atoms with Crippen LogP contribution in [0.5, 0.6) is 5.75 Å². The number of hydrogen-bond donors (Lipinski definition) is 0. The molecule has 2 nitrogen and oxygen atoms in total. The lowest BCUT2D eigenvalue weighted by molar-refractivity contribution is 0.298. The summed E-state index contributed by atoms with van der Waals surface area (Å²) in [7, 11) is 0. The van der Waals surface area contributed by atoms with Gasteiger partial charge in [-0.25, -0.2) is 0 Å². The summed E-state index contributed by atoms with van der Waals surface area (Å²) < 4.78 is 5.94. The Morgan fingerprint density at radius 2 is 2.06 bits per heavy atom. The molecule has 0 bridgehead atoms. The first-order valence-corrected chi connectivity index (χ1v) is 6.16. The molecule has 1 heterocycles. The molecule has 88 valence electrons. The zero-order chi connectivity index (χ0) is 11.8. The molecule has 1 aliphatic carbocycles. The maximum absolute atomic E-state index is 5.94. The first kappa shape index (κ1) is 11.4. The lowest BCUT2D eigenvalue weighted by atomic mass is 9.91. The van der Waals surface area contributed by atoms with E-state index in [1.165, 1.54) is 18.4 Å². The Bertz CT molecular complexity index is 375. The largest absolute Gasteiger partial charge is 0.490 e. The van der Waals surface area contributed by atoms with Crippen molar-refractivity contribution in [3.63, 3.8) is 0 Å². The third-order valence-corrected chi connectivity index (χ3v) is 2.91. The number of ether oxygens (including phenoxy) is 1. The first-order chi connectivity index (χ1) is 7.50. The minimum atomic E-state index is 0.0912. The SMILES string of the molecule is CCc1cnc(C(C)(C)C)cc1OC1CC1. The molecule has 0 spiro atoms. The lowest BCUT2D eigenvalue weighted by Gasteiger charge is -2.20. The van der Waals surface area contributed by atoms with Crippen molar-refractivity contribution in [2.75, 3.05) is 0 Å². The van der Waals surface area contributed by atoms with Gasteiger partial charge in [0.15, 0.2) is 0 Å². The van der Waals surface area contributed by atoms with Crippen LogP contribution in [0.2, 0.25) is 0 Å². The fourth-order valence-electron chi connectivity index (χ4n) is 1.62. The highest BCUT2D eigenvalue weighted by molar-refractivity contribution is 5.35. The van der Waals surface area contributed by atoms with E-state index >= 15 is 0 Å². The van der Waals surface area contributed by atoms with Gasteiger partial charge in [-0.2, -0.15) is 0 Å². The van der Waals surface area contributed by atoms with E-state index < -0.39 is 0 Å². The van der Waals surface area contributed by atoms with Crippen molar-refractivity contribution in [2.24, 2.45) is 0 Å². The van der Waals surface area contributed by atoms with Crippen LogP contribution in [0.25, 0.3) is 0 Å². The third kappa shape index (κ3) is 2.55. The fraction of sp³-hybridized carbons (Fsp3) is 0.643. The van der Waals surface area contributed by atoms with Crippen molar-refractivity contribution in [3.8, 4) is 5.75 Å². The Hall–Kier alpha value is -1.05. The predicted octanol–water partition coefficient (Wildman–Crippen LogP) is 3.48. The van der Waals surface area contributed by atoms with E-state index in [-0.39, 0.29) is 5.41 Å². The van der Waals surface area contributed by atoms with E-state index in [9.17, 15) is 0 Å². The summed E-state index contributed by atoms with van der Waals surface area (Å²) >= 11 is 0. The molecular formula is C14H21NO. The van der Waals surface area contributed by atoms with Crippen LogP contribution >= 0.6 is 0 Å². The minimum Gasteiger partial charge on any atom is -0.490 e. The highest BCUT2D eigenvalue weighted by atomic mass is 16.5. The lowest BCUT2D eigenvalue weighted by Crippen LogP contribution is -2.14. The Labute approximate surface area is 98.0 Å². The predicted molar refractivity (Wildman–Crippen MR) is 66.0 cm³/mol. The monoisotopic (exact) mass is 219 g/mol. The van der Waals surface area contributed by atoms with Crippen molar-refractivity contribution in [1.29, 1.82) is 0 Å². The zero-order valence-electron chi connectivity index (χ0n) is 10.7. The van der Waals surface area contributed by atoms with E-state index in [1.807, 2.05) is 6.20 Å². The Kier molecular flexibility index (Phi) is 2.92. The summed E-state index contributed by atoms with van der Waals surface area (Å²) in [5.41, 5.74) is 2.42. The van der Waals surface area contributed by atoms with Crippen LogP contribution in [0, 0.1) is 0 Å². The Morgan fingerprint density at radius 3 is 2.56 bits per heavy atom. The Morgan fingerprint density at radius 1 is 1.38 bits per heavy atom. The van der Waals surface area contributed by atoms with Gasteiger partial charge in [-0.15, -0.1) is 0 Å². The quantitative estimate of drug-likeness (QED) is 0.776. The van der Waals surface area contributed by atoms with Crippen molar-refractivity contribution >= 4 is 0 Å². The molecule has 0 radical (unpaired) electrons. The Balaban J connectivity index is 2.29. The molecule has 0 saturated heterocycles. The topological polar surface area (TPSA) is 22.1 Å². The van der Waals surface area contributed by atoms with Crippen LogP contribution in [0.1, 0.15) is 51.8 Å². The first-order valence-electron chi connectivity index (χ1n) is 6.16. The van der Waals surface area contributed by atoms with Gasteiger partial charge < -0.3 is 4.74 Å². The molecule has 0 amide bonds. The van der Waals surface area contributed by atoms with Gasteiger partial charge in [0.05, 0.1) is 6.10 Å². The van der Waals surface area contributed by atoms with Crippen LogP contribution in [0.15, 0.2) is 12.3 Å². The minimum absolute atomic E-state index is 0.0912. The van der Waals surface area contributed by atoms with Gasteiger partial charge in [-0.05, 0) is 19.3 Å². The maximum Gasteiger partial charge on any atom is 0.126 e. The van der Waals surface area contributed by atoms with E-state index in [4.69, 9.17) is 4.74 Å². The zero-order valence-corrected chi connectivity index (χ0v) is 10.7. The number of pyridine rings is 1. The van der Waals surface area contributed by atoms with Gasteiger partial charge in [-0.3, -0.25) is 4.98 Å². The molecule has 16 heavy (non-hydrogen) atoms. The molecular weight excluding hydrogens is 198 g/mol. The van der Waals surface area contributed by atoms with Crippen molar-refractivity contribution in [1.82, 2.24) is 4.98 Å². The normalized spacial score (nSPS) is 16.2. The van der Waals surface area contributed by atoms with Gasteiger partial charge >= 0.3 is 0 Å². The van der Waals surface area contributed by atoms with Crippen molar-refractivity contribution in [2.45, 2.75) is 58.5 Å². The molecule has 0 aromatic carbocycles. The molecule has 1 aromatic heterocycles. The average molecular weight is 219 g/mol. The van der Waals surface area contributed by atoms with Gasteiger partial charge in [-0.1, -0.05) is 27.7 Å². The number of aromatic nitrogens is 1. The second kappa shape index (κ2) is 4.08. The third-order valence-electron chi connectivity index (χ3n) is 2.91. The number of nitrogens with zero attached hydrogens (tertiary/aromatic N) is 1.